The van der Waals surface area contributed by atoms with Gasteiger partial charge in [0.15, 0.2) is 22.8 Å². The second kappa shape index (κ2) is 17.6. The van der Waals surface area contributed by atoms with Crippen molar-refractivity contribution < 1.29 is 80.5 Å². The smallest absolute Gasteiger partial charge is 0.274 e. The molecule has 1 fully saturated rings. The maximum atomic E-state index is 12.4. The first-order chi connectivity index (χ1) is 23.5. The van der Waals surface area contributed by atoms with Crippen molar-refractivity contribution in [3.63, 3.8) is 0 Å². The SMILES string of the molecule is CC(=O)SCCNC(=O)CCNC(=O)[C@@H](O)C(C)(C)COP(=O)([O-])OP(=O)([O-])OC[C@H]1O[C@@H](n2cnc3c(N)ncnc32)[C@H](O)[C@@H]1OP(=O)([O-])[O-]. The van der Waals surface area contributed by atoms with Crippen LogP contribution in [0, 0.1) is 5.41 Å². The Morgan fingerprint density at radius 1 is 1.10 bits per heavy atom. The number of anilines is 1. The lowest BCUT2D eigenvalue weighted by atomic mass is 9.87. The minimum absolute atomic E-state index is 0.0209. The summed E-state index contributed by atoms with van der Waals surface area (Å²) in [5.74, 6) is -1.19. The minimum atomic E-state index is -5.90. The van der Waals surface area contributed by atoms with Gasteiger partial charge >= 0.3 is 0 Å². The molecule has 0 saturated carbocycles. The van der Waals surface area contributed by atoms with Crippen LogP contribution in [-0.4, -0.2) is 103 Å². The molecule has 6 N–H and O–H groups in total. The zero-order valence-corrected chi connectivity index (χ0v) is 30.4. The van der Waals surface area contributed by atoms with Crippen LogP contribution in [0.4, 0.5) is 5.82 Å². The summed E-state index contributed by atoms with van der Waals surface area (Å²) in [6.45, 7) is 1.49. The number of aliphatic hydroxyl groups is 2. The third-order valence-electron chi connectivity index (χ3n) is 6.78. The highest BCUT2D eigenvalue weighted by atomic mass is 32.2. The standard InChI is InChI=1S/C23H38N7O17P3S/c1-12(31)51-7-6-25-14(32)4-5-26-21(35)18(34)23(2,3)9-44-50(41,42)47-49(39,40)43-8-13-17(46-48(36,37)38)16(33)22(45-13)30-11-29-15-19(24)27-10-28-20(15)30/h10-11,13,16-18,22,33-34H,4-9H2,1-3H3,(H,25,32)(H,26,35)(H,39,40)(H,41,42)(H2,24,27,28)(H2,36,37,38)/p-4/t13-,16-,17-,18-,22-/m1/s1. The van der Waals surface area contributed by atoms with Gasteiger partial charge in [-0.1, -0.05) is 25.6 Å². The molecule has 51 heavy (non-hydrogen) atoms. The Labute approximate surface area is 293 Å². The number of phosphoric ester groups is 3. The third-order valence-corrected chi connectivity index (χ3v) is 10.6. The van der Waals surface area contributed by atoms with Crippen molar-refractivity contribution in [3.05, 3.63) is 12.7 Å². The number of thioether (sulfide) groups is 1. The number of fused-ring (bicyclic) bond motifs is 1. The average molecular weight is 806 g/mol. The number of nitrogen functional groups attached to an aromatic ring is 1. The average Bonchev–Trinajstić information content (AvgIpc) is 3.57. The minimum Gasteiger partial charge on any atom is -0.790 e. The molecule has 2 aromatic heterocycles. The first kappa shape index (κ1) is 43.0. The van der Waals surface area contributed by atoms with Gasteiger partial charge in [-0.15, -0.1) is 0 Å². The van der Waals surface area contributed by atoms with Crippen LogP contribution in [-0.2, 0) is 50.7 Å². The number of hydrogen-bond donors (Lipinski definition) is 5. The highest BCUT2D eigenvalue weighted by Gasteiger charge is 2.47. The molecule has 288 valence electrons. The fourth-order valence-corrected chi connectivity index (χ4v) is 7.53. The lowest BCUT2D eigenvalue weighted by molar-refractivity contribution is -0.347. The number of aromatic nitrogens is 4. The lowest BCUT2D eigenvalue weighted by Crippen LogP contribution is -2.46. The molecule has 2 unspecified atom stereocenters. The van der Waals surface area contributed by atoms with Gasteiger partial charge in [0.25, 0.3) is 15.6 Å². The van der Waals surface area contributed by atoms with E-state index < -0.39 is 84.6 Å². The van der Waals surface area contributed by atoms with Crippen LogP contribution in [0.3, 0.4) is 0 Å². The summed E-state index contributed by atoms with van der Waals surface area (Å²) in [6, 6.07) is 0. The molecular formula is C23H34N7O17P3S-4. The predicted octanol–water partition coefficient (Wildman–Crippen LogP) is -3.84. The predicted molar refractivity (Wildman–Crippen MR) is 164 cm³/mol. The van der Waals surface area contributed by atoms with E-state index in [0.717, 1.165) is 29.0 Å². The number of carbonyl (C=O) groups excluding carboxylic acids is 3. The number of ether oxygens (including phenoxy) is 1. The van der Waals surface area contributed by atoms with Gasteiger partial charge in [0.1, 0.15) is 36.3 Å². The van der Waals surface area contributed by atoms with Crippen LogP contribution < -0.4 is 35.9 Å². The Balaban J connectivity index is 1.55. The van der Waals surface area contributed by atoms with Gasteiger partial charge in [-0.2, -0.15) is 0 Å². The van der Waals surface area contributed by atoms with E-state index in [-0.39, 0.29) is 41.6 Å². The van der Waals surface area contributed by atoms with Crippen molar-refractivity contribution in [1.29, 1.82) is 0 Å². The fraction of sp³-hybridized carbons (Fsp3) is 0.652. The summed E-state index contributed by atoms with van der Waals surface area (Å²) < 4.78 is 60.2. The van der Waals surface area contributed by atoms with E-state index in [0.29, 0.717) is 5.75 Å². The van der Waals surface area contributed by atoms with Crippen LogP contribution in [0.1, 0.15) is 33.4 Å². The molecule has 3 heterocycles. The summed E-state index contributed by atoms with van der Waals surface area (Å²) in [5.41, 5.74) is 4.07. The van der Waals surface area contributed by atoms with Crippen LogP contribution in [0.2, 0.25) is 0 Å². The Bertz CT molecular complexity index is 1710. The molecule has 2 amide bonds. The van der Waals surface area contributed by atoms with Crippen LogP contribution in [0.15, 0.2) is 12.7 Å². The normalized spacial score (nSPS) is 22.6. The largest absolute Gasteiger partial charge is 0.790 e. The Kier molecular flexibility index (Phi) is 14.8. The van der Waals surface area contributed by atoms with E-state index in [1.54, 1.807) is 0 Å². The fourth-order valence-electron chi connectivity index (χ4n) is 4.30. The van der Waals surface area contributed by atoms with Crippen molar-refractivity contribution in [3.8, 4) is 0 Å². The second-order valence-electron chi connectivity index (χ2n) is 11.3. The number of nitrogens with one attached hydrogen (secondary N) is 2. The highest BCUT2D eigenvalue weighted by Crippen LogP contribution is 2.56. The molecule has 7 atom stereocenters. The molecule has 0 aliphatic carbocycles. The van der Waals surface area contributed by atoms with Gasteiger partial charge in [0.2, 0.25) is 11.8 Å². The molecule has 0 spiro atoms. The molecular weight excluding hydrogens is 771 g/mol. The molecule has 0 bridgehead atoms. The maximum absolute atomic E-state index is 12.4. The molecule has 3 rings (SSSR count). The number of nitrogens with two attached hydrogens (primary N) is 1. The van der Waals surface area contributed by atoms with Gasteiger partial charge in [0, 0.05) is 37.6 Å². The summed E-state index contributed by atoms with van der Waals surface area (Å²) in [4.78, 5) is 94.3. The molecule has 1 saturated heterocycles. The van der Waals surface area contributed by atoms with Crippen molar-refractivity contribution >= 4 is 69.1 Å². The zero-order chi connectivity index (χ0) is 38.4. The van der Waals surface area contributed by atoms with Crippen molar-refractivity contribution in [1.82, 2.24) is 30.2 Å². The molecule has 1 aliphatic rings. The number of carbonyl (C=O) groups is 3. The van der Waals surface area contributed by atoms with E-state index in [2.05, 4.69) is 43.5 Å². The van der Waals surface area contributed by atoms with Crippen molar-refractivity contribution in [2.45, 2.75) is 57.8 Å². The van der Waals surface area contributed by atoms with Crippen molar-refractivity contribution in [2.24, 2.45) is 5.41 Å². The van der Waals surface area contributed by atoms with E-state index in [9.17, 15) is 57.9 Å². The van der Waals surface area contributed by atoms with Gasteiger partial charge in [0.05, 0.1) is 27.4 Å². The number of amides is 2. The molecule has 28 heteroatoms. The van der Waals surface area contributed by atoms with Gasteiger partial charge in [-0.25, -0.2) is 19.3 Å². The first-order valence-electron chi connectivity index (χ1n) is 14.5. The number of rotatable bonds is 19. The lowest BCUT2D eigenvalue weighted by Gasteiger charge is -2.36. The molecule has 0 radical (unpaired) electrons. The van der Waals surface area contributed by atoms with Gasteiger partial charge < -0.3 is 69.0 Å². The van der Waals surface area contributed by atoms with E-state index in [1.165, 1.54) is 20.8 Å². The van der Waals surface area contributed by atoms with Crippen molar-refractivity contribution in [2.75, 3.05) is 37.8 Å². The number of imidazole rings is 1. The number of aliphatic hydroxyl groups excluding tert-OH is 2. The van der Waals surface area contributed by atoms with E-state index in [4.69, 9.17) is 10.5 Å². The molecule has 2 aromatic rings. The summed E-state index contributed by atoms with van der Waals surface area (Å²) in [7, 11) is -17.6. The Morgan fingerprint density at radius 3 is 2.41 bits per heavy atom. The van der Waals surface area contributed by atoms with Gasteiger partial charge in [-0.3, -0.25) is 28.1 Å². The zero-order valence-electron chi connectivity index (χ0n) is 26.9. The third kappa shape index (κ3) is 12.9. The molecule has 24 nitrogen and oxygen atoms in total. The Morgan fingerprint density at radius 2 is 1.76 bits per heavy atom. The topological polar surface area (TPSA) is 375 Å². The van der Waals surface area contributed by atoms with Gasteiger partial charge in [-0.05, 0) is 0 Å². The summed E-state index contributed by atoms with van der Waals surface area (Å²) in [5, 5.41) is 25.9. The van der Waals surface area contributed by atoms with Crippen LogP contribution in [0.25, 0.3) is 11.2 Å². The highest BCUT2D eigenvalue weighted by molar-refractivity contribution is 8.13. The quantitative estimate of drug-likeness (QED) is 0.0670. The Hall–Kier alpha value is -2.44. The van der Waals surface area contributed by atoms with E-state index >= 15 is 0 Å². The van der Waals surface area contributed by atoms with Crippen LogP contribution in [0.5, 0.6) is 0 Å². The summed E-state index contributed by atoms with van der Waals surface area (Å²) in [6.07, 6.45) is -7.55. The number of nitrogens with zero attached hydrogens (tertiary/aromatic N) is 4. The molecule has 0 aromatic carbocycles. The monoisotopic (exact) mass is 805 g/mol. The maximum Gasteiger partial charge on any atom is 0.274 e. The number of hydrogen-bond acceptors (Lipinski definition) is 22. The van der Waals surface area contributed by atoms with Crippen LogP contribution >= 0.6 is 35.2 Å². The second-order valence-corrected chi connectivity index (χ2v) is 16.7. The summed E-state index contributed by atoms with van der Waals surface area (Å²) >= 11 is 1.01. The number of phosphoric acid groups is 3. The first-order valence-corrected chi connectivity index (χ1v) is 19.8. The van der Waals surface area contributed by atoms with E-state index in [1.807, 2.05) is 0 Å². The molecule has 1 aliphatic heterocycles.